The first-order chi connectivity index (χ1) is 13.0. The highest BCUT2D eigenvalue weighted by Gasteiger charge is 2.47. The van der Waals surface area contributed by atoms with E-state index < -0.39 is 10.0 Å². The summed E-state index contributed by atoms with van der Waals surface area (Å²) in [6.45, 7) is 3.14. The monoisotopic (exact) mass is 408 g/mol. The van der Waals surface area contributed by atoms with E-state index in [1.165, 1.54) is 12.8 Å². The summed E-state index contributed by atoms with van der Waals surface area (Å²) in [7, 11) is -3.61. The molecule has 0 radical (unpaired) electrons. The van der Waals surface area contributed by atoms with Crippen molar-refractivity contribution >= 4 is 32.8 Å². The van der Waals surface area contributed by atoms with Crippen molar-refractivity contribution in [3.63, 3.8) is 0 Å². The molecule has 4 atom stereocenters. The molecular formula is C18H24N4O3S2. The normalized spacial score (nSPS) is 32.9. The molecule has 2 saturated heterocycles. The predicted molar refractivity (Wildman–Crippen MR) is 103 cm³/mol. The number of hydrogen-bond donors (Lipinski definition) is 1. The van der Waals surface area contributed by atoms with E-state index in [4.69, 9.17) is 0 Å². The summed E-state index contributed by atoms with van der Waals surface area (Å²) in [5, 5.41) is 10.7. The Balaban J connectivity index is 1.39. The maximum absolute atomic E-state index is 13.3. The van der Waals surface area contributed by atoms with Gasteiger partial charge in [0, 0.05) is 19.1 Å². The fourth-order valence-electron chi connectivity index (χ4n) is 5.15. The Labute approximate surface area is 163 Å². The van der Waals surface area contributed by atoms with Gasteiger partial charge in [0.1, 0.15) is 15.9 Å². The van der Waals surface area contributed by atoms with Crippen LogP contribution in [0.2, 0.25) is 0 Å². The third kappa shape index (κ3) is 3.00. The van der Waals surface area contributed by atoms with Crippen molar-refractivity contribution < 1.29 is 13.5 Å². The minimum absolute atomic E-state index is 0.183. The third-order valence-corrected chi connectivity index (χ3v) is 8.96. The highest BCUT2D eigenvalue weighted by molar-refractivity contribution is 7.89. The standard InChI is InChI=1S/C18H24N4O3S2/c23-16-9-13-11-22(10-12(13)8-15(16)21-6-1-2-7-21)27(24,25)17-5-3-4-14-18(17)20-26-19-14/h3-5,12-13,15-16,23H,1-2,6-11H2/t12-,13+,15-,16-/m1/s1. The summed E-state index contributed by atoms with van der Waals surface area (Å²) in [6.07, 6.45) is 3.63. The Morgan fingerprint density at radius 1 is 1.07 bits per heavy atom. The van der Waals surface area contributed by atoms with E-state index in [2.05, 4.69) is 13.6 Å². The Morgan fingerprint density at radius 2 is 1.81 bits per heavy atom. The number of likely N-dealkylation sites (tertiary alicyclic amines) is 1. The third-order valence-electron chi connectivity index (χ3n) is 6.55. The van der Waals surface area contributed by atoms with Crippen molar-refractivity contribution in [1.29, 1.82) is 0 Å². The lowest BCUT2D eigenvalue weighted by atomic mass is 9.77. The maximum Gasteiger partial charge on any atom is 0.245 e. The minimum atomic E-state index is -3.61. The molecule has 1 aromatic heterocycles. The molecule has 5 rings (SSSR count). The lowest BCUT2D eigenvalue weighted by molar-refractivity contribution is -0.000859. The zero-order valence-electron chi connectivity index (χ0n) is 15.1. The number of fused-ring (bicyclic) bond motifs is 2. The molecule has 1 saturated carbocycles. The van der Waals surface area contributed by atoms with E-state index in [9.17, 15) is 13.5 Å². The zero-order valence-corrected chi connectivity index (χ0v) is 16.7. The van der Waals surface area contributed by atoms with Gasteiger partial charge in [-0.25, -0.2) is 8.42 Å². The summed E-state index contributed by atoms with van der Waals surface area (Å²) < 4.78 is 36.6. The van der Waals surface area contributed by atoms with E-state index in [1.54, 1.807) is 22.5 Å². The second kappa shape index (κ2) is 6.73. The van der Waals surface area contributed by atoms with Crippen LogP contribution in [0.3, 0.4) is 0 Å². The highest BCUT2D eigenvalue weighted by atomic mass is 32.2. The number of aliphatic hydroxyl groups excluding tert-OH is 1. The van der Waals surface area contributed by atoms with E-state index in [-0.39, 0.29) is 23.0 Å². The van der Waals surface area contributed by atoms with Crippen molar-refractivity contribution in [2.75, 3.05) is 26.2 Å². The Hall–Kier alpha value is -1.13. The van der Waals surface area contributed by atoms with Gasteiger partial charge in [0.25, 0.3) is 0 Å². The van der Waals surface area contributed by atoms with Gasteiger partial charge in [-0.1, -0.05) is 6.07 Å². The molecular weight excluding hydrogens is 384 g/mol. The van der Waals surface area contributed by atoms with E-state index >= 15 is 0 Å². The summed E-state index contributed by atoms with van der Waals surface area (Å²) in [4.78, 5) is 2.66. The van der Waals surface area contributed by atoms with Gasteiger partial charge in [-0.3, -0.25) is 4.90 Å². The molecule has 2 aromatic rings. The lowest BCUT2D eigenvalue weighted by Crippen LogP contribution is -2.48. The van der Waals surface area contributed by atoms with Gasteiger partial charge in [-0.05, 0) is 62.7 Å². The van der Waals surface area contributed by atoms with Crippen LogP contribution in [-0.4, -0.2) is 69.8 Å². The van der Waals surface area contributed by atoms with Crippen LogP contribution >= 0.6 is 11.7 Å². The van der Waals surface area contributed by atoms with Crippen LogP contribution in [0.4, 0.5) is 0 Å². The highest BCUT2D eigenvalue weighted by Crippen LogP contribution is 2.41. The molecule has 0 spiro atoms. The molecule has 146 valence electrons. The fourth-order valence-corrected chi connectivity index (χ4v) is 7.46. The van der Waals surface area contributed by atoms with Gasteiger partial charge in [0.15, 0.2) is 0 Å². The van der Waals surface area contributed by atoms with Crippen molar-refractivity contribution in [1.82, 2.24) is 18.0 Å². The second-order valence-corrected chi connectivity index (χ2v) is 10.5. The molecule has 0 bridgehead atoms. The number of sulfonamides is 1. The smallest absolute Gasteiger partial charge is 0.245 e. The average Bonchev–Trinajstić information content (AvgIpc) is 3.39. The van der Waals surface area contributed by atoms with Crippen LogP contribution in [0.25, 0.3) is 11.0 Å². The molecule has 7 nitrogen and oxygen atoms in total. The van der Waals surface area contributed by atoms with E-state index in [0.717, 1.165) is 31.2 Å². The van der Waals surface area contributed by atoms with Gasteiger partial charge in [-0.15, -0.1) is 0 Å². The van der Waals surface area contributed by atoms with Crippen LogP contribution in [0.15, 0.2) is 23.1 Å². The zero-order chi connectivity index (χ0) is 18.6. The first kappa shape index (κ1) is 17.9. The van der Waals surface area contributed by atoms with Crippen molar-refractivity contribution in [3.05, 3.63) is 18.2 Å². The topological polar surface area (TPSA) is 86.6 Å². The first-order valence-corrected chi connectivity index (χ1v) is 11.8. The Morgan fingerprint density at radius 3 is 2.59 bits per heavy atom. The first-order valence-electron chi connectivity index (χ1n) is 9.67. The minimum Gasteiger partial charge on any atom is -0.391 e. The summed E-state index contributed by atoms with van der Waals surface area (Å²) >= 11 is 1.04. The van der Waals surface area contributed by atoms with Gasteiger partial charge in [0.05, 0.1) is 17.8 Å². The van der Waals surface area contributed by atoms with Crippen LogP contribution < -0.4 is 0 Å². The quantitative estimate of drug-likeness (QED) is 0.829. The summed E-state index contributed by atoms with van der Waals surface area (Å²) in [5.41, 5.74) is 1.09. The van der Waals surface area contributed by atoms with E-state index in [0.29, 0.717) is 36.5 Å². The van der Waals surface area contributed by atoms with Gasteiger partial charge >= 0.3 is 0 Å². The lowest BCUT2D eigenvalue weighted by Gasteiger charge is -2.40. The van der Waals surface area contributed by atoms with Gasteiger partial charge in [0.2, 0.25) is 10.0 Å². The molecule has 3 heterocycles. The molecule has 2 aliphatic heterocycles. The molecule has 1 N–H and O–H groups in total. The molecule has 9 heteroatoms. The fraction of sp³-hybridized carbons (Fsp3) is 0.667. The second-order valence-electron chi connectivity index (χ2n) is 8.08. The molecule has 1 aromatic carbocycles. The molecule has 3 fully saturated rings. The summed E-state index contributed by atoms with van der Waals surface area (Å²) in [5.74, 6) is 0.558. The van der Waals surface area contributed by atoms with Crippen LogP contribution in [0, 0.1) is 11.8 Å². The SMILES string of the molecule is O=S(=O)(c1cccc2nsnc12)N1C[C@H]2C[C@@H](N3CCCC3)[C@H](O)C[C@H]2C1. The Kier molecular flexibility index (Phi) is 4.47. The van der Waals surface area contributed by atoms with Crippen LogP contribution in [0.5, 0.6) is 0 Å². The summed E-state index contributed by atoms with van der Waals surface area (Å²) in [6, 6.07) is 5.33. The number of aromatic nitrogens is 2. The number of rotatable bonds is 3. The van der Waals surface area contributed by atoms with Crippen molar-refractivity contribution in [2.24, 2.45) is 11.8 Å². The van der Waals surface area contributed by atoms with Crippen LogP contribution in [0.1, 0.15) is 25.7 Å². The molecule has 3 aliphatic rings. The van der Waals surface area contributed by atoms with Crippen molar-refractivity contribution in [2.45, 2.75) is 42.7 Å². The molecule has 0 amide bonds. The van der Waals surface area contributed by atoms with E-state index in [1.807, 2.05) is 0 Å². The number of benzene rings is 1. The molecule has 0 unspecified atom stereocenters. The predicted octanol–water partition coefficient (Wildman–Crippen LogP) is 1.55. The van der Waals surface area contributed by atoms with Crippen molar-refractivity contribution in [3.8, 4) is 0 Å². The molecule has 27 heavy (non-hydrogen) atoms. The number of nitrogens with zero attached hydrogens (tertiary/aromatic N) is 4. The maximum atomic E-state index is 13.3. The number of hydrogen-bond acceptors (Lipinski definition) is 7. The van der Waals surface area contributed by atoms with Crippen LogP contribution in [-0.2, 0) is 10.0 Å². The largest absolute Gasteiger partial charge is 0.391 e. The van der Waals surface area contributed by atoms with Gasteiger partial charge in [-0.2, -0.15) is 13.1 Å². The average molecular weight is 409 g/mol. The van der Waals surface area contributed by atoms with Gasteiger partial charge < -0.3 is 5.11 Å². The number of aliphatic hydroxyl groups is 1. The Bertz CT molecular complexity index is 941. The molecule has 1 aliphatic carbocycles.